The Morgan fingerprint density at radius 3 is 1.05 bits per heavy atom. The van der Waals surface area contributed by atoms with E-state index in [0.717, 1.165) is 51.4 Å². The van der Waals surface area contributed by atoms with Gasteiger partial charge in [-0.05, 0) is 77.0 Å². The zero-order valence-electron chi connectivity index (χ0n) is 44.7. The highest BCUT2D eigenvalue weighted by Crippen LogP contribution is 2.16. The molecule has 0 N–H and O–H groups in total. The molecule has 0 saturated heterocycles. The zero-order chi connectivity index (χ0) is 47.7. The first-order valence-electron chi connectivity index (χ1n) is 29.5. The molecule has 0 saturated carbocycles. The van der Waals surface area contributed by atoms with Crippen molar-refractivity contribution in [3.63, 3.8) is 0 Å². The monoisotopic (exact) mass is 927 g/mol. The van der Waals surface area contributed by atoms with Gasteiger partial charge in [0.2, 0.25) is 0 Å². The largest absolute Gasteiger partial charge is 0.462 e. The summed E-state index contributed by atoms with van der Waals surface area (Å²) in [6.45, 7) is 7.84. The number of allylic oxidation sites excluding steroid dienone is 6. The second-order valence-electron chi connectivity index (χ2n) is 19.9. The van der Waals surface area contributed by atoms with E-state index in [0.29, 0.717) is 19.4 Å². The van der Waals surface area contributed by atoms with Crippen LogP contribution in [-0.4, -0.2) is 37.9 Å². The Morgan fingerprint density at radius 1 is 0.333 bits per heavy atom. The summed E-state index contributed by atoms with van der Waals surface area (Å²) in [6, 6.07) is 0. The molecule has 388 valence electrons. The van der Waals surface area contributed by atoms with Gasteiger partial charge in [-0.3, -0.25) is 9.59 Å². The van der Waals surface area contributed by atoms with Gasteiger partial charge in [0.05, 0.1) is 6.61 Å². The summed E-state index contributed by atoms with van der Waals surface area (Å²) in [5, 5.41) is 0. The molecule has 0 rings (SSSR count). The highest BCUT2D eigenvalue weighted by Gasteiger charge is 2.17. The molecule has 0 aliphatic carbocycles. The molecule has 0 amide bonds. The molecule has 0 aliphatic heterocycles. The number of carbonyl (C=O) groups is 2. The number of esters is 2. The lowest BCUT2D eigenvalue weighted by Gasteiger charge is -2.18. The van der Waals surface area contributed by atoms with Gasteiger partial charge >= 0.3 is 11.9 Å². The Balaban J connectivity index is 4.25. The molecule has 0 aromatic heterocycles. The first kappa shape index (κ1) is 64.1. The lowest BCUT2D eigenvalue weighted by Crippen LogP contribution is -2.30. The van der Waals surface area contributed by atoms with Gasteiger partial charge in [-0.25, -0.2) is 0 Å². The standard InChI is InChI=1S/C61H114O5/c1-4-7-10-13-16-19-22-25-28-31-33-36-39-42-45-48-51-54-60(62)65-58-59(57-64-56-53-50-47-44-41-38-35-30-27-24-21-18-15-12-9-6-3)66-61(63)55-52-49-46-43-40-37-34-32-29-26-23-20-17-14-11-8-5-2/h16,19,25,27-28,30,59H,4-15,17-18,20-24,26,29,31-58H2,1-3H3/b19-16-,28-25-,30-27-. The Bertz CT molecular complexity index is 1050. The predicted octanol–water partition coefficient (Wildman–Crippen LogP) is 20.1. The van der Waals surface area contributed by atoms with Crippen LogP contribution < -0.4 is 0 Å². The van der Waals surface area contributed by atoms with Crippen LogP contribution in [0.25, 0.3) is 0 Å². The molecule has 0 radical (unpaired) electrons. The lowest BCUT2D eigenvalue weighted by molar-refractivity contribution is -0.163. The third kappa shape index (κ3) is 54.7. The Kier molecular flexibility index (Phi) is 55.8. The van der Waals surface area contributed by atoms with Crippen molar-refractivity contribution in [2.45, 2.75) is 322 Å². The molecule has 1 atom stereocenters. The Hall–Kier alpha value is -1.88. The maximum atomic E-state index is 12.9. The molecule has 0 spiro atoms. The van der Waals surface area contributed by atoms with E-state index in [1.807, 2.05) is 0 Å². The number of hydrogen-bond donors (Lipinski definition) is 0. The summed E-state index contributed by atoms with van der Waals surface area (Å²) in [5.74, 6) is -0.390. The van der Waals surface area contributed by atoms with E-state index in [1.54, 1.807) is 0 Å². The van der Waals surface area contributed by atoms with Gasteiger partial charge in [-0.1, -0.05) is 263 Å². The van der Waals surface area contributed by atoms with E-state index in [2.05, 4.69) is 57.2 Å². The van der Waals surface area contributed by atoms with Crippen LogP contribution in [-0.2, 0) is 23.8 Å². The van der Waals surface area contributed by atoms with Crippen molar-refractivity contribution in [3.8, 4) is 0 Å². The molecular formula is C61H114O5. The third-order valence-electron chi connectivity index (χ3n) is 13.1. The first-order chi connectivity index (χ1) is 32.6. The number of rotatable bonds is 55. The average Bonchev–Trinajstić information content (AvgIpc) is 3.32. The van der Waals surface area contributed by atoms with Gasteiger partial charge in [-0.2, -0.15) is 0 Å². The summed E-state index contributed by atoms with van der Waals surface area (Å²) < 4.78 is 17.5. The van der Waals surface area contributed by atoms with Gasteiger partial charge in [0, 0.05) is 19.4 Å². The molecule has 1 unspecified atom stereocenters. The molecular weight excluding hydrogens is 813 g/mol. The molecule has 0 bridgehead atoms. The van der Waals surface area contributed by atoms with Crippen molar-refractivity contribution >= 4 is 11.9 Å². The maximum absolute atomic E-state index is 12.9. The molecule has 5 nitrogen and oxygen atoms in total. The van der Waals surface area contributed by atoms with Crippen LogP contribution in [0.5, 0.6) is 0 Å². The van der Waals surface area contributed by atoms with Crippen LogP contribution in [0, 0.1) is 0 Å². The van der Waals surface area contributed by atoms with Gasteiger partial charge in [0.25, 0.3) is 0 Å². The van der Waals surface area contributed by atoms with E-state index >= 15 is 0 Å². The number of unbranched alkanes of at least 4 members (excludes halogenated alkanes) is 38. The lowest BCUT2D eigenvalue weighted by atomic mass is 10.0. The van der Waals surface area contributed by atoms with Crippen LogP contribution in [0.4, 0.5) is 0 Å². The van der Waals surface area contributed by atoms with E-state index in [9.17, 15) is 9.59 Å². The SMILES string of the molecule is CCCCC/C=C\C/C=C\CCCCCCCCCC(=O)OCC(COCCCCCCCC/C=C\CCCCCCCC)OC(=O)CCCCCCCCCCCCCCCCCCC. The molecule has 0 fully saturated rings. The van der Waals surface area contributed by atoms with Crippen molar-refractivity contribution < 1.29 is 23.8 Å². The average molecular weight is 928 g/mol. The quantitative estimate of drug-likeness (QED) is 0.0345. The van der Waals surface area contributed by atoms with Gasteiger partial charge < -0.3 is 14.2 Å². The van der Waals surface area contributed by atoms with Crippen molar-refractivity contribution in [2.24, 2.45) is 0 Å². The van der Waals surface area contributed by atoms with Crippen molar-refractivity contribution in [2.75, 3.05) is 19.8 Å². The van der Waals surface area contributed by atoms with Crippen LogP contribution in [0.2, 0.25) is 0 Å². The van der Waals surface area contributed by atoms with Gasteiger partial charge in [-0.15, -0.1) is 0 Å². The van der Waals surface area contributed by atoms with E-state index in [-0.39, 0.29) is 25.2 Å². The summed E-state index contributed by atoms with van der Waals surface area (Å²) in [7, 11) is 0. The van der Waals surface area contributed by atoms with Crippen LogP contribution in [0.15, 0.2) is 36.5 Å². The smallest absolute Gasteiger partial charge is 0.306 e. The van der Waals surface area contributed by atoms with Crippen LogP contribution >= 0.6 is 0 Å². The Morgan fingerprint density at radius 2 is 0.636 bits per heavy atom. The Labute approximate surface area is 412 Å². The normalized spacial score (nSPS) is 12.3. The van der Waals surface area contributed by atoms with E-state index in [1.165, 1.54) is 231 Å². The summed E-state index contributed by atoms with van der Waals surface area (Å²) in [6.07, 6.45) is 70.2. The second kappa shape index (κ2) is 57.4. The van der Waals surface area contributed by atoms with Gasteiger partial charge in [0.1, 0.15) is 6.61 Å². The van der Waals surface area contributed by atoms with E-state index in [4.69, 9.17) is 14.2 Å². The minimum absolute atomic E-state index is 0.0840. The highest BCUT2D eigenvalue weighted by molar-refractivity contribution is 5.70. The van der Waals surface area contributed by atoms with E-state index < -0.39 is 6.10 Å². The van der Waals surface area contributed by atoms with Crippen LogP contribution in [0.1, 0.15) is 316 Å². The van der Waals surface area contributed by atoms with Crippen molar-refractivity contribution in [1.29, 1.82) is 0 Å². The fourth-order valence-electron chi connectivity index (χ4n) is 8.71. The fraction of sp³-hybridized carbons (Fsp3) is 0.869. The second-order valence-corrected chi connectivity index (χ2v) is 19.9. The third-order valence-corrected chi connectivity index (χ3v) is 13.1. The fourth-order valence-corrected chi connectivity index (χ4v) is 8.71. The first-order valence-corrected chi connectivity index (χ1v) is 29.5. The number of carbonyl (C=O) groups excluding carboxylic acids is 2. The molecule has 66 heavy (non-hydrogen) atoms. The molecule has 0 aromatic rings. The minimum Gasteiger partial charge on any atom is -0.462 e. The molecule has 5 heteroatoms. The number of hydrogen-bond acceptors (Lipinski definition) is 5. The van der Waals surface area contributed by atoms with Crippen LogP contribution in [0.3, 0.4) is 0 Å². The van der Waals surface area contributed by atoms with Gasteiger partial charge in [0.15, 0.2) is 6.10 Å². The minimum atomic E-state index is -0.539. The maximum Gasteiger partial charge on any atom is 0.306 e. The summed E-state index contributed by atoms with van der Waals surface area (Å²) >= 11 is 0. The number of ether oxygens (including phenoxy) is 3. The van der Waals surface area contributed by atoms with Crippen molar-refractivity contribution in [3.05, 3.63) is 36.5 Å². The molecule has 0 heterocycles. The molecule has 0 aromatic carbocycles. The summed E-state index contributed by atoms with van der Waals surface area (Å²) in [4.78, 5) is 25.5. The van der Waals surface area contributed by atoms with Crippen molar-refractivity contribution in [1.82, 2.24) is 0 Å². The molecule has 0 aliphatic rings. The summed E-state index contributed by atoms with van der Waals surface area (Å²) in [5.41, 5.74) is 0. The predicted molar refractivity (Wildman–Crippen MR) is 288 cm³/mol. The zero-order valence-corrected chi connectivity index (χ0v) is 44.7. The topological polar surface area (TPSA) is 61.8 Å². The highest BCUT2D eigenvalue weighted by atomic mass is 16.6.